The van der Waals surface area contributed by atoms with Crippen LogP contribution in [-0.2, 0) is 13.0 Å². The first kappa shape index (κ1) is 15.8. The van der Waals surface area contributed by atoms with Crippen LogP contribution in [0.5, 0.6) is 0 Å². The van der Waals surface area contributed by atoms with E-state index in [1.807, 2.05) is 0 Å². The van der Waals surface area contributed by atoms with Crippen molar-refractivity contribution in [3.8, 4) is 0 Å². The van der Waals surface area contributed by atoms with Crippen LogP contribution in [0, 0.1) is 0 Å². The number of unbranched alkanes of at least 4 members (excludes halogenated alkanes) is 1. The number of rotatable bonds is 7. The van der Waals surface area contributed by atoms with Gasteiger partial charge in [-0.2, -0.15) is 0 Å². The monoisotopic (exact) mass is 298 g/mol. The predicted octanol–water partition coefficient (Wildman–Crippen LogP) is 2.98. The maximum absolute atomic E-state index is 6.20. The molecule has 1 saturated heterocycles. The number of piperidine rings is 1. The standard InChI is InChI=1S/C15H27ClN4/c1-3-5-6-14-18-13(15(16)19-14)11-17-12-7-9-20(4-2)10-8-12/h12,17H,3-11H2,1-2H3,(H,18,19). The van der Waals surface area contributed by atoms with Crippen LogP contribution in [0.2, 0.25) is 5.15 Å². The topological polar surface area (TPSA) is 44.0 Å². The maximum atomic E-state index is 6.20. The molecule has 0 radical (unpaired) electrons. The van der Waals surface area contributed by atoms with Crippen LogP contribution in [-0.4, -0.2) is 40.5 Å². The molecule has 20 heavy (non-hydrogen) atoms. The molecule has 0 amide bonds. The third-order valence-corrected chi connectivity index (χ3v) is 4.46. The average Bonchev–Trinajstić information content (AvgIpc) is 2.83. The van der Waals surface area contributed by atoms with E-state index in [9.17, 15) is 0 Å². The third-order valence-electron chi connectivity index (χ3n) is 4.15. The second kappa shape index (κ2) is 8.01. The maximum Gasteiger partial charge on any atom is 0.151 e. The van der Waals surface area contributed by atoms with E-state index in [-0.39, 0.29) is 0 Å². The van der Waals surface area contributed by atoms with Crippen molar-refractivity contribution in [2.45, 2.75) is 58.5 Å². The number of H-pyrrole nitrogens is 1. The zero-order valence-electron chi connectivity index (χ0n) is 12.7. The van der Waals surface area contributed by atoms with Gasteiger partial charge in [0.15, 0.2) is 5.15 Å². The molecule has 0 aromatic carbocycles. The van der Waals surface area contributed by atoms with Gasteiger partial charge in [0, 0.05) is 19.0 Å². The summed E-state index contributed by atoms with van der Waals surface area (Å²) in [5.41, 5.74) is 1.04. The quantitative estimate of drug-likeness (QED) is 0.813. The highest BCUT2D eigenvalue weighted by Crippen LogP contribution is 2.16. The van der Waals surface area contributed by atoms with Crippen LogP contribution < -0.4 is 5.32 Å². The zero-order valence-corrected chi connectivity index (χ0v) is 13.5. The lowest BCUT2D eigenvalue weighted by Crippen LogP contribution is -2.42. The van der Waals surface area contributed by atoms with Gasteiger partial charge in [-0.25, -0.2) is 4.98 Å². The number of likely N-dealkylation sites (tertiary alicyclic amines) is 1. The molecule has 2 rings (SSSR count). The van der Waals surface area contributed by atoms with E-state index in [4.69, 9.17) is 11.6 Å². The predicted molar refractivity (Wildman–Crippen MR) is 84.2 cm³/mol. The minimum atomic E-state index is 0.608. The van der Waals surface area contributed by atoms with Crippen LogP contribution in [0.25, 0.3) is 0 Å². The highest BCUT2D eigenvalue weighted by atomic mass is 35.5. The Morgan fingerprint density at radius 1 is 1.35 bits per heavy atom. The first-order valence-corrected chi connectivity index (χ1v) is 8.29. The molecule has 0 saturated carbocycles. The van der Waals surface area contributed by atoms with Gasteiger partial charge in [-0.05, 0) is 38.9 Å². The number of imidazole rings is 1. The van der Waals surface area contributed by atoms with Crippen LogP contribution in [0.4, 0.5) is 0 Å². The summed E-state index contributed by atoms with van der Waals surface area (Å²) >= 11 is 6.20. The van der Waals surface area contributed by atoms with E-state index in [1.165, 1.54) is 38.9 Å². The Hall–Kier alpha value is -0.580. The van der Waals surface area contributed by atoms with Gasteiger partial charge in [-0.15, -0.1) is 0 Å². The summed E-state index contributed by atoms with van der Waals surface area (Å²) in [5.74, 6) is 1.02. The fourth-order valence-electron chi connectivity index (χ4n) is 2.72. The summed E-state index contributed by atoms with van der Waals surface area (Å²) < 4.78 is 0. The van der Waals surface area contributed by atoms with Crippen molar-refractivity contribution < 1.29 is 0 Å². The van der Waals surface area contributed by atoms with Crippen LogP contribution >= 0.6 is 11.6 Å². The Morgan fingerprint density at radius 3 is 2.75 bits per heavy atom. The number of nitrogens with one attached hydrogen (secondary N) is 2. The van der Waals surface area contributed by atoms with Gasteiger partial charge in [0.05, 0.1) is 5.69 Å². The zero-order chi connectivity index (χ0) is 14.4. The highest BCUT2D eigenvalue weighted by molar-refractivity contribution is 6.30. The Bertz CT molecular complexity index is 397. The molecule has 1 aromatic heterocycles. The van der Waals surface area contributed by atoms with Crippen molar-refractivity contribution >= 4 is 11.6 Å². The first-order chi connectivity index (χ1) is 9.72. The Labute approximate surface area is 127 Å². The van der Waals surface area contributed by atoms with Crippen LogP contribution in [0.3, 0.4) is 0 Å². The molecule has 1 aromatic rings. The molecule has 1 fully saturated rings. The molecule has 1 aliphatic heterocycles. The normalized spacial score (nSPS) is 17.8. The molecule has 0 aliphatic carbocycles. The lowest BCUT2D eigenvalue weighted by molar-refractivity contribution is 0.205. The molecule has 2 N–H and O–H groups in total. The number of nitrogens with zero attached hydrogens (tertiary/aromatic N) is 2. The van der Waals surface area contributed by atoms with E-state index in [0.717, 1.165) is 30.9 Å². The highest BCUT2D eigenvalue weighted by Gasteiger charge is 2.18. The molecular formula is C15H27ClN4. The Morgan fingerprint density at radius 2 is 2.10 bits per heavy atom. The van der Waals surface area contributed by atoms with E-state index < -0.39 is 0 Å². The fourth-order valence-corrected chi connectivity index (χ4v) is 2.94. The van der Waals surface area contributed by atoms with Gasteiger partial charge in [0.1, 0.15) is 5.82 Å². The molecule has 4 nitrogen and oxygen atoms in total. The van der Waals surface area contributed by atoms with Crippen molar-refractivity contribution in [1.82, 2.24) is 20.2 Å². The van der Waals surface area contributed by atoms with E-state index in [1.54, 1.807) is 0 Å². The smallest absolute Gasteiger partial charge is 0.151 e. The van der Waals surface area contributed by atoms with Crippen molar-refractivity contribution in [2.75, 3.05) is 19.6 Å². The van der Waals surface area contributed by atoms with Crippen LogP contribution in [0.15, 0.2) is 0 Å². The minimum absolute atomic E-state index is 0.608. The summed E-state index contributed by atoms with van der Waals surface area (Å²) in [5, 5.41) is 4.24. The molecule has 1 aliphatic rings. The van der Waals surface area contributed by atoms with Crippen molar-refractivity contribution in [2.24, 2.45) is 0 Å². The van der Waals surface area contributed by atoms with Crippen molar-refractivity contribution in [3.63, 3.8) is 0 Å². The second-order valence-electron chi connectivity index (χ2n) is 5.65. The Kier molecular flexibility index (Phi) is 6.33. The van der Waals surface area contributed by atoms with Gasteiger partial charge in [0.25, 0.3) is 0 Å². The Balaban J connectivity index is 1.77. The average molecular weight is 299 g/mol. The van der Waals surface area contributed by atoms with Crippen molar-refractivity contribution in [1.29, 1.82) is 0 Å². The lowest BCUT2D eigenvalue weighted by Gasteiger charge is -2.31. The number of aryl methyl sites for hydroxylation is 1. The van der Waals surface area contributed by atoms with Gasteiger partial charge in [-0.3, -0.25) is 0 Å². The van der Waals surface area contributed by atoms with Crippen LogP contribution in [0.1, 0.15) is 51.0 Å². The summed E-state index contributed by atoms with van der Waals surface area (Å²) in [6, 6.07) is 0.608. The van der Waals surface area contributed by atoms with Gasteiger partial charge in [-0.1, -0.05) is 31.9 Å². The summed E-state index contributed by atoms with van der Waals surface area (Å²) in [4.78, 5) is 10.3. The molecule has 114 valence electrons. The summed E-state index contributed by atoms with van der Waals surface area (Å²) in [6.07, 6.45) is 5.78. The van der Waals surface area contributed by atoms with E-state index >= 15 is 0 Å². The van der Waals surface area contributed by atoms with Gasteiger partial charge in [0.2, 0.25) is 0 Å². The molecule has 0 bridgehead atoms. The third kappa shape index (κ3) is 4.47. The van der Waals surface area contributed by atoms with Gasteiger partial charge >= 0.3 is 0 Å². The number of halogens is 1. The number of hydrogen-bond donors (Lipinski definition) is 2. The van der Waals surface area contributed by atoms with E-state index in [2.05, 4.69) is 34.0 Å². The fraction of sp³-hybridized carbons (Fsp3) is 0.800. The lowest BCUT2D eigenvalue weighted by atomic mass is 10.1. The first-order valence-electron chi connectivity index (χ1n) is 7.91. The molecule has 5 heteroatoms. The number of hydrogen-bond acceptors (Lipinski definition) is 3. The van der Waals surface area contributed by atoms with Crippen molar-refractivity contribution in [3.05, 3.63) is 16.7 Å². The van der Waals surface area contributed by atoms with Gasteiger partial charge < -0.3 is 15.2 Å². The molecule has 0 atom stereocenters. The molecule has 0 spiro atoms. The van der Waals surface area contributed by atoms with E-state index in [0.29, 0.717) is 11.2 Å². The molecular weight excluding hydrogens is 272 g/mol. The second-order valence-corrected chi connectivity index (χ2v) is 6.00. The minimum Gasteiger partial charge on any atom is -0.344 e. The molecule has 0 unspecified atom stereocenters. The summed E-state index contributed by atoms with van der Waals surface area (Å²) in [7, 11) is 0. The number of aromatic nitrogens is 2. The number of aromatic amines is 1. The largest absolute Gasteiger partial charge is 0.344 e. The molecule has 2 heterocycles. The SMILES string of the molecule is CCCCc1nc(Cl)c(CNC2CCN(CC)CC2)[nH]1. The summed E-state index contributed by atoms with van der Waals surface area (Å²) in [6.45, 7) is 8.79.